The molecule has 0 unspecified atom stereocenters. The fourth-order valence-electron chi connectivity index (χ4n) is 2.34. The van der Waals surface area contributed by atoms with Crippen LogP contribution in [-0.4, -0.2) is 49.5 Å². The molecule has 6 nitrogen and oxygen atoms in total. The minimum absolute atomic E-state index is 0.0198. The largest absolute Gasteiger partial charge is 0.388 e. The number of pyridine rings is 1. The van der Waals surface area contributed by atoms with Crippen LogP contribution in [-0.2, 0) is 14.8 Å². The maximum Gasteiger partial charge on any atom is 0.245 e. The molecule has 0 spiro atoms. The highest BCUT2D eigenvalue weighted by molar-refractivity contribution is 7.89. The molecule has 2 rings (SSSR count). The van der Waals surface area contributed by atoms with Crippen LogP contribution in [0.15, 0.2) is 23.2 Å². The van der Waals surface area contributed by atoms with E-state index in [1.54, 1.807) is 13.1 Å². The van der Waals surface area contributed by atoms with Crippen LogP contribution in [0.5, 0.6) is 0 Å². The molecular weight excluding hydrogens is 310 g/mol. The van der Waals surface area contributed by atoms with Gasteiger partial charge in [0.05, 0.1) is 0 Å². The van der Waals surface area contributed by atoms with Gasteiger partial charge in [0, 0.05) is 33.0 Å². The molecule has 0 radical (unpaired) electrons. The number of sulfonamides is 1. The van der Waals surface area contributed by atoms with Gasteiger partial charge in [-0.3, -0.25) is 4.98 Å². The Morgan fingerprint density at radius 1 is 1.52 bits per heavy atom. The first kappa shape index (κ1) is 16.3. The van der Waals surface area contributed by atoms with Crippen molar-refractivity contribution in [2.45, 2.75) is 17.7 Å². The van der Waals surface area contributed by atoms with E-state index in [1.807, 2.05) is 0 Å². The molecule has 8 heteroatoms. The summed E-state index contributed by atoms with van der Waals surface area (Å²) in [6.45, 7) is 1.82. The number of thiocarbonyl (C=S) groups is 1. The molecule has 1 aliphatic heterocycles. The lowest BCUT2D eigenvalue weighted by Gasteiger charge is -2.27. The summed E-state index contributed by atoms with van der Waals surface area (Å²) in [6, 6.07) is 3.05. The van der Waals surface area contributed by atoms with E-state index in [0.717, 1.165) is 12.8 Å². The monoisotopic (exact) mass is 329 g/mol. The topological polar surface area (TPSA) is 85.5 Å². The van der Waals surface area contributed by atoms with E-state index in [1.165, 1.54) is 16.6 Å². The highest BCUT2D eigenvalue weighted by Crippen LogP contribution is 2.22. The number of ether oxygens (including phenoxy) is 1. The van der Waals surface area contributed by atoms with Gasteiger partial charge in [-0.1, -0.05) is 12.2 Å². The van der Waals surface area contributed by atoms with E-state index >= 15 is 0 Å². The van der Waals surface area contributed by atoms with Crippen molar-refractivity contribution >= 4 is 27.2 Å². The van der Waals surface area contributed by atoms with Crippen LogP contribution < -0.4 is 5.73 Å². The second kappa shape index (κ2) is 6.78. The van der Waals surface area contributed by atoms with E-state index in [9.17, 15) is 8.42 Å². The van der Waals surface area contributed by atoms with Crippen molar-refractivity contribution in [3.05, 3.63) is 24.0 Å². The number of aromatic nitrogens is 1. The number of nitrogens with two attached hydrogens (primary N) is 1. The molecule has 1 saturated heterocycles. The van der Waals surface area contributed by atoms with Gasteiger partial charge < -0.3 is 10.5 Å². The predicted octanol–water partition coefficient (Wildman–Crippen LogP) is 0.763. The van der Waals surface area contributed by atoms with E-state index < -0.39 is 10.0 Å². The van der Waals surface area contributed by atoms with Crippen molar-refractivity contribution in [2.75, 3.05) is 26.8 Å². The maximum absolute atomic E-state index is 12.7. The number of nitrogens with zero attached hydrogens (tertiary/aromatic N) is 2. The van der Waals surface area contributed by atoms with Crippen LogP contribution in [0.3, 0.4) is 0 Å². The summed E-state index contributed by atoms with van der Waals surface area (Å²) >= 11 is 4.88. The van der Waals surface area contributed by atoms with Crippen molar-refractivity contribution in [3.8, 4) is 0 Å². The highest BCUT2D eigenvalue weighted by atomic mass is 32.2. The molecule has 0 aliphatic carbocycles. The zero-order chi connectivity index (χ0) is 15.5. The summed E-state index contributed by atoms with van der Waals surface area (Å²) in [7, 11) is -2.08. The van der Waals surface area contributed by atoms with E-state index in [4.69, 9.17) is 22.7 Å². The summed E-state index contributed by atoms with van der Waals surface area (Å²) in [5.74, 6) is 0.309. The fourth-order valence-corrected chi connectivity index (χ4v) is 3.97. The molecule has 1 aromatic heterocycles. The number of rotatable bonds is 5. The van der Waals surface area contributed by atoms with E-state index in [-0.39, 0.29) is 15.6 Å². The van der Waals surface area contributed by atoms with Crippen LogP contribution in [0.2, 0.25) is 0 Å². The smallest absolute Gasteiger partial charge is 0.245 e. The Kier molecular flexibility index (Phi) is 5.26. The summed E-state index contributed by atoms with van der Waals surface area (Å²) in [6.07, 6.45) is 3.22. The lowest BCUT2D eigenvalue weighted by molar-refractivity contribution is 0.0620. The second-order valence-electron chi connectivity index (χ2n) is 5.06. The first-order valence-electron chi connectivity index (χ1n) is 6.72. The predicted molar refractivity (Wildman–Crippen MR) is 83.5 cm³/mol. The van der Waals surface area contributed by atoms with Gasteiger partial charge >= 0.3 is 0 Å². The van der Waals surface area contributed by atoms with Gasteiger partial charge in [-0.05, 0) is 30.9 Å². The van der Waals surface area contributed by atoms with Gasteiger partial charge in [-0.2, -0.15) is 0 Å². The normalized spacial score (nSPS) is 17.0. The average Bonchev–Trinajstić information content (AvgIpc) is 2.48. The second-order valence-corrected chi connectivity index (χ2v) is 7.51. The zero-order valence-electron chi connectivity index (χ0n) is 11.9. The zero-order valence-corrected chi connectivity index (χ0v) is 13.5. The lowest BCUT2D eigenvalue weighted by Crippen LogP contribution is -2.35. The Balaban J connectivity index is 2.22. The van der Waals surface area contributed by atoms with Crippen LogP contribution >= 0.6 is 12.2 Å². The summed E-state index contributed by atoms with van der Waals surface area (Å²) in [5.41, 5.74) is 5.71. The third-order valence-electron chi connectivity index (χ3n) is 3.55. The Morgan fingerprint density at radius 3 is 2.81 bits per heavy atom. The van der Waals surface area contributed by atoms with Crippen LogP contribution in [0, 0.1) is 5.92 Å². The quantitative estimate of drug-likeness (QED) is 0.803. The Hall–Kier alpha value is -1.09. The van der Waals surface area contributed by atoms with E-state index in [2.05, 4.69) is 4.98 Å². The third-order valence-corrected chi connectivity index (χ3v) is 5.60. The van der Waals surface area contributed by atoms with Gasteiger partial charge in [-0.25, -0.2) is 12.7 Å². The molecule has 116 valence electrons. The SMILES string of the molecule is CN(CC1CCOCC1)S(=O)(=O)c1cccnc1C(N)=S. The van der Waals surface area contributed by atoms with Gasteiger partial charge in [0.2, 0.25) is 10.0 Å². The number of hydrogen-bond donors (Lipinski definition) is 1. The minimum atomic E-state index is -3.65. The highest BCUT2D eigenvalue weighted by Gasteiger charge is 2.28. The van der Waals surface area contributed by atoms with Crippen LogP contribution in [0.25, 0.3) is 0 Å². The van der Waals surface area contributed by atoms with Gasteiger partial charge in [-0.15, -0.1) is 0 Å². The van der Waals surface area contributed by atoms with Crippen LogP contribution in [0.1, 0.15) is 18.5 Å². The molecule has 21 heavy (non-hydrogen) atoms. The van der Waals surface area contributed by atoms with Crippen molar-refractivity contribution in [1.82, 2.24) is 9.29 Å². The summed E-state index contributed by atoms with van der Waals surface area (Å²) in [5, 5.41) is 0. The molecule has 0 bridgehead atoms. The Morgan fingerprint density at radius 2 is 2.19 bits per heavy atom. The molecule has 2 N–H and O–H groups in total. The van der Waals surface area contributed by atoms with Crippen molar-refractivity contribution in [3.63, 3.8) is 0 Å². The molecule has 0 aromatic carbocycles. The van der Waals surface area contributed by atoms with Gasteiger partial charge in [0.25, 0.3) is 0 Å². The fraction of sp³-hybridized carbons (Fsp3) is 0.538. The average molecular weight is 329 g/mol. The Labute approximate surface area is 130 Å². The van der Waals surface area contributed by atoms with Gasteiger partial charge in [0.15, 0.2) is 0 Å². The molecular formula is C13H19N3O3S2. The molecule has 0 amide bonds. The molecule has 0 atom stereocenters. The third kappa shape index (κ3) is 3.76. The standard InChI is InChI=1S/C13H19N3O3S2/c1-16(9-10-4-7-19-8-5-10)21(17,18)11-3-2-6-15-12(11)13(14)20/h2-3,6,10H,4-5,7-9H2,1H3,(H2,14,20). The maximum atomic E-state index is 12.7. The molecule has 2 heterocycles. The summed E-state index contributed by atoms with van der Waals surface area (Å²) in [4.78, 5) is 4.02. The van der Waals surface area contributed by atoms with Crippen molar-refractivity contribution in [1.29, 1.82) is 0 Å². The molecule has 0 saturated carbocycles. The number of hydrogen-bond acceptors (Lipinski definition) is 5. The molecule has 1 fully saturated rings. The van der Waals surface area contributed by atoms with E-state index in [0.29, 0.717) is 25.7 Å². The lowest BCUT2D eigenvalue weighted by atomic mass is 10.0. The minimum Gasteiger partial charge on any atom is -0.388 e. The van der Waals surface area contributed by atoms with Gasteiger partial charge in [0.1, 0.15) is 15.6 Å². The Bertz CT molecular complexity index is 613. The molecule has 1 aliphatic rings. The first-order valence-corrected chi connectivity index (χ1v) is 8.56. The molecule has 1 aromatic rings. The first-order chi connectivity index (χ1) is 9.93. The van der Waals surface area contributed by atoms with Crippen molar-refractivity contribution in [2.24, 2.45) is 11.7 Å². The van der Waals surface area contributed by atoms with Crippen molar-refractivity contribution < 1.29 is 13.2 Å². The van der Waals surface area contributed by atoms with Crippen LogP contribution in [0.4, 0.5) is 0 Å². The summed E-state index contributed by atoms with van der Waals surface area (Å²) < 4.78 is 32.0.